The maximum absolute atomic E-state index is 13.8. The fourth-order valence-corrected chi connectivity index (χ4v) is 5.30. The number of nitrogens with zero attached hydrogens (tertiary/aromatic N) is 4. The number of nitrogens with one attached hydrogen (secondary N) is 1. The Morgan fingerprint density at radius 2 is 1.92 bits per heavy atom. The Bertz CT molecular complexity index is 1520. The Labute approximate surface area is 229 Å². The Morgan fingerprint density at radius 1 is 1.13 bits per heavy atom. The van der Waals surface area contributed by atoms with Crippen LogP contribution in [0.5, 0.6) is 5.75 Å². The highest BCUT2D eigenvalue weighted by molar-refractivity contribution is 6.32. The summed E-state index contributed by atoms with van der Waals surface area (Å²) in [4.78, 5) is 33.3. The molecule has 2 N–H and O–H groups in total. The largest absolute Gasteiger partial charge is 0.494 e. The Morgan fingerprint density at radius 3 is 2.62 bits per heavy atom. The van der Waals surface area contributed by atoms with E-state index in [-0.39, 0.29) is 36.6 Å². The fraction of sp³-hybridized carbons (Fsp3) is 0.321. The summed E-state index contributed by atoms with van der Waals surface area (Å²) in [5.41, 5.74) is 2.89. The molecule has 0 radical (unpaired) electrons. The molecule has 2 aromatic heterocycles. The molecular weight excluding hydrogens is 525 g/mol. The van der Waals surface area contributed by atoms with Crippen LogP contribution in [-0.2, 0) is 11.3 Å². The summed E-state index contributed by atoms with van der Waals surface area (Å²) in [6.07, 6.45) is 8.02. The molecule has 0 atom stereocenters. The van der Waals surface area contributed by atoms with E-state index in [1.165, 1.54) is 13.2 Å². The highest BCUT2D eigenvalue weighted by atomic mass is 35.5. The van der Waals surface area contributed by atoms with E-state index in [1.54, 1.807) is 47.5 Å². The molecule has 0 bridgehead atoms. The van der Waals surface area contributed by atoms with Crippen molar-refractivity contribution < 1.29 is 23.8 Å². The lowest BCUT2D eigenvalue weighted by atomic mass is 9.84. The van der Waals surface area contributed by atoms with Crippen LogP contribution in [0.4, 0.5) is 4.39 Å². The van der Waals surface area contributed by atoms with Crippen molar-refractivity contribution in [3.8, 4) is 17.0 Å². The Balaban J connectivity index is 1.34. The van der Waals surface area contributed by atoms with E-state index in [9.17, 15) is 14.0 Å². The van der Waals surface area contributed by atoms with E-state index in [4.69, 9.17) is 21.4 Å². The van der Waals surface area contributed by atoms with Gasteiger partial charge in [-0.25, -0.2) is 4.39 Å². The fourth-order valence-electron chi connectivity index (χ4n) is 5.07. The number of carboxylic acid groups (broad SMARTS) is 1. The molecule has 39 heavy (non-hydrogen) atoms. The summed E-state index contributed by atoms with van der Waals surface area (Å²) in [7, 11) is 1.40. The van der Waals surface area contributed by atoms with Crippen LogP contribution in [-0.4, -0.2) is 49.9 Å². The molecule has 5 rings (SSSR count). The van der Waals surface area contributed by atoms with Gasteiger partial charge in [-0.3, -0.25) is 24.2 Å². The summed E-state index contributed by atoms with van der Waals surface area (Å²) in [5.74, 6) is -1.22. The van der Waals surface area contributed by atoms with Crippen molar-refractivity contribution in [2.24, 2.45) is 5.92 Å². The molecule has 2 aromatic carbocycles. The second-order valence-corrected chi connectivity index (χ2v) is 10.2. The molecule has 1 amide bonds. The van der Waals surface area contributed by atoms with Gasteiger partial charge in [0.15, 0.2) is 11.6 Å². The van der Waals surface area contributed by atoms with Crippen LogP contribution in [0.2, 0.25) is 5.02 Å². The Kier molecular flexibility index (Phi) is 7.74. The minimum atomic E-state index is -0.785. The normalized spacial score (nSPS) is 17.2. The number of carbonyl (C=O) groups is 2. The van der Waals surface area contributed by atoms with Gasteiger partial charge < -0.3 is 15.2 Å². The molecule has 0 spiro atoms. The number of aromatic nitrogens is 4. The maximum Gasteiger partial charge on any atom is 0.303 e. The summed E-state index contributed by atoms with van der Waals surface area (Å²) in [6.45, 7) is 0.270. The molecule has 1 aliphatic rings. The third kappa shape index (κ3) is 6.01. The van der Waals surface area contributed by atoms with E-state index in [0.29, 0.717) is 33.1 Å². The summed E-state index contributed by atoms with van der Waals surface area (Å²) in [6, 6.07) is 7.84. The van der Waals surface area contributed by atoms with Crippen molar-refractivity contribution in [3.63, 3.8) is 0 Å². The van der Waals surface area contributed by atoms with Crippen LogP contribution in [0.1, 0.15) is 48.2 Å². The molecule has 11 heteroatoms. The van der Waals surface area contributed by atoms with E-state index < -0.39 is 11.8 Å². The first kappa shape index (κ1) is 26.6. The molecule has 0 unspecified atom stereocenters. The number of hydrogen-bond acceptors (Lipinski definition) is 6. The van der Waals surface area contributed by atoms with Crippen molar-refractivity contribution in [2.75, 3.05) is 7.11 Å². The van der Waals surface area contributed by atoms with Crippen LogP contribution in [0.3, 0.4) is 0 Å². The Hall–Kier alpha value is -4.05. The lowest BCUT2D eigenvalue weighted by molar-refractivity contribution is -0.138. The number of carbonyl (C=O) groups excluding carboxylic acids is 1. The average molecular weight is 552 g/mol. The van der Waals surface area contributed by atoms with E-state index in [0.717, 1.165) is 31.1 Å². The molecule has 2 heterocycles. The lowest BCUT2D eigenvalue weighted by Gasteiger charge is -2.28. The average Bonchev–Trinajstić information content (AvgIpc) is 3.31. The van der Waals surface area contributed by atoms with Crippen LogP contribution >= 0.6 is 11.6 Å². The molecule has 1 fully saturated rings. The van der Waals surface area contributed by atoms with Gasteiger partial charge in [-0.05, 0) is 61.9 Å². The summed E-state index contributed by atoms with van der Waals surface area (Å²) in [5, 5.41) is 17.8. The van der Waals surface area contributed by atoms with Gasteiger partial charge >= 0.3 is 5.97 Å². The molecular formula is C28H27ClFN5O4. The van der Waals surface area contributed by atoms with Gasteiger partial charge in [0.1, 0.15) is 0 Å². The van der Waals surface area contributed by atoms with Crippen molar-refractivity contribution in [1.82, 2.24) is 25.1 Å². The molecule has 0 aliphatic heterocycles. The number of methoxy groups -OCH3 is 1. The van der Waals surface area contributed by atoms with Crippen LogP contribution in [0, 0.1) is 11.7 Å². The summed E-state index contributed by atoms with van der Waals surface area (Å²) >= 11 is 6.33. The number of aliphatic carboxylic acids is 1. The molecule has 1 aliphatic carbocycles. The number of rotatable bonds is 8. The number of halogens is 2. The quantitative estimate of drug-likeness (QED) is 0.312. The van der Waals surface area contributed by atoms with Crippen LogP contribution < -0.4 is 10.1 Å². The second kappa shape index (κ2) is 11.4. The van der Waals surface area contributed by atoms with E-state index in [2.05, 4.69) is 20.4 Å². The molecule has 1 saturated carbocycles. The van der Waals surface area contributed by atoms with Gasteiger partial charge in [-0.15, -0.1) is 0 Å². The van der Waals surface area contributed by atoms with Crippen molar-refractivity contribution in [3.05, 3.63) is 71.0 Å². The standard InChI is InChI=1S/C28H27ClFN5O4/c1-39-25-10-17(4-7-23(25)30)24-14-31-21(13-32-24)15-35-27-18(12-33-35)9-19(29)11-22(27)28(38)34-20-5-2-16(3-6-20)8-26(36)37/h4,7,9-14,16,20H,2-3,5-6,8,15H2,1H3,(H,34,38)(H,36,37). The predicted molar refractivity (Wildman–Crippen MR) is 143 cm³/mol. The first-order valence-electron chi connectivity index (χ1n) is 12.6. The highest BCUT2D eigenvalue weighted by Gasteiger charge is 2.25. The zero-order chi connectivity index (χ0) is 27.5. The molecule has 202 valence electrons. The monoisotopic (exact) mass is 551 g/mol. The minimum absolute atomic E-state index is 0.0311. The second-order valence-electron chi connectivity index (χ2n) is 9.72. The zero-order valence-electron chi connectivity index (χ0n) is 21.2. The third-order valence-corrected chi connectivity index (χ3v) is 7.27. The zero-order valence-corrected chi connectivity index (χ0v) is 22.0. The maximum atomic E-state index is 13.8. The number of fused-ring (bicyclic) bond motifs is 1. The SMILES string of the molecule is COc1cc(-c2cnc(Cn3ncc4cc(Cl)cc(C(=O)NC5CCC(CC(=O)O)CC5)c43)cn2)ccc1F. The van der Waals surface area contributed by atoms with E-state index in [1.807, 2.05) is 0 Å². The lowest BCUT2D eigenvalue weighted by Crippen LogP contribution is -2.38. The minimum Gasteiger partial charge on any atom is -0.494 e. The van der Waals surface area contributed by atoms with Crippen LogP contribution in [0.15, 0.2) is 48.9 Å². The number of carboxylic acids is 1. The van der Waals surface area contributed by atoms with Gasteiger partial charge in [-0.2, -0.15) is 5.10 Å². The number of hydrogen-bond donors (Lipinski definition) is 2. The van der Waals surface area contributed by atoms with Gasteiger partial charge in [0.05, 0.1) is 54.7 Å². The number of amides is 1. The van der Waals surface area contributed by atoms with Gasteiger partial charge in [0.2, 0.25) is 0 Å². The van der Waals surface area contributed by atoms with Crippen molar-refractivity contribution in [1.29, 1.82) is 0 Å². The molecule has 0 saturated heterocycles. The third-order valence-electron chi connectivity index (χ3n) is 7.05. The predicted octanol–water partition coefficient (Wildman–Crippen LogP) is 5.11. The molecule has 4 aromatic rings. The summed E-state index contributed by atoms with van der Waals surface area (Å²) < 4.78 is 20.5. The smallest absolute Gasteiger partial charge is 0.303 e. The van der Waals surface area contributed by atoms with Gasteiger partial charge in [-0.1, -0.05) is 11.6 Å². The van der Waals surface area contributed by atoms with Gasteiger partial charge in [0.25, 0.3) is 5.91 Å². The number of benzene rings is 2. The molecule has 9 nitrogen and oxygen atoms in total. The highest BCUT2D eigenvalue weighted by Crippen LogP contribution is 2.29. The topological polar surface area (TPSA) is 119 Å². The van der Waals surface area contributed by atoms with E-state index >= 15 is 0 Å². The van der Waals surface area contributed by atoms with Crippen molar-refractivity contribution in [2.45, 2.75) is 44.7 Å². The first-order valence-corrected chi connectivity index (χ1v) is 13.0. The van der Waals surface area contributed by atoms with Crippen molar-refractivity contribution >= 4 is 34.4 Å². The van der Waals surface area contributed by atoms with Gasteiger partial charge in [0, 0.05) is 28.4 Å². The van der Waals surface area contributed by atoms with Crippen LogP contribution in [0.25, 0.3) is 22.2 Å². The first-order chi connectivity index (χ1) is 18.8. The number of ether oxygens (including phenoxy) is 1.